The molecule has 0 saturated heterocycles. The lowest BCUT2D eigenvalue weighted by Gasteiger charge is -2.11. The number of esters is 1. The Morgan fingerprint density at radius 1 is 1.09 bits per heavy atom. The van der Waals surface area contributed by atoms with E-state index in [2.05, 4.69) is 10.1 Å². The van der Waals surface area contributed by atoms with Gasteiger partial charge in [-0.25, -0.2) is 13.6 Å². The smallest absolute Gasteiger partial charge is 0.341 e. The molecule has 178 valence electrons. The van der Waals surface area contributed by atoms with Gasteiger partial charge in [-0.2, -0.15) is 5.26 Å². The zero-order chi connectivity index (χ0) is 24.9. The van der Waals surface area contributed by atoms with Crippen molar-refractivity contribution in [2.24, 2.45) is 11.8 Å². The maximum Gasteiger partial charge on any atom is 0.341 e. The van der Waals surface area contributed by atoms with Crippen LogP contribution in [0.3, 0.4) is 0 Å². The van der Waals surface area contributed by atoms with Gasteiger partial charge in [0.05, 0.1) is 25.3 Å². The van der Waals surface area contributed by atoms with Crippen LogP contribution in [0.25, 0.3) is 11.1 Å². The van der Waals surface area contributed by atoms with Gasteiger partial charge in [0.15, 0.2) is 0 Å². The first kappa shape index (κ1) is 23.9. The standard InChI is InChI=1S/C27H22F2N2O4/c1-34-27(33)25-21(3-2-4-23(25)28)17-7-8-18(24(29)12-17)14-31-26(32)22-11-19(22)15-35-20-9-5-16(13-30)6-10-20/h2-10,12,19,22H,11,14-15H2,1H3,(H,31,32). The van der Waals surface area contributed by atoms with Crippen LogP contribution in [0, 0.1) is 34.8 Å². The number of hydrogen-bond acceptors (Lipinski definition) is 5. The van der Waals surface area contributed by atoms with Gasteiger partial charge >= 0.3 is 5.97 Å². The molecule has 1 fully saturated rings. The number of amides is 1. The molecule has 0 heterocycles. The van der Waals surface area contributed by atoms with Crippen LogP contribution in [0.5, 0.6) is 5.75 Å². The number of ether oxygens (including phenoxy) is 2. The second-order valence-corrected chi connectivity index (χ2v) is 8.23. The van der Waals surface area contributed by atoms with Gasteiger partial charge < -0.3 is 14.8 Å². The molecule has 1 amide bonds. The molecule has 1 N–H and O–H groups in total. The summed E-state index contributed by atoms with van der Waals surface area (Å²) in [7, 11) is 1.15. The molecule has 0 aliphatic heterocycles. The van der Waals surface area contributed by atoms with Crippen LogP contribution in [0.1, 0.15) is 27.9 Å². The minimum atomic E-state index is -0.850. The third kappa shape index (κ3) is 5.46. The van der Waals surface area contributed by atoms with Crippen molar-refractivity contribution in [3.63, 3.8) is 0 Å². The maximum atomic E-state index is 14.8. The van der Waals surface area contributed by atoms with E-state index in [0.717, 1.165) is 13.2 Å². The SMILES string of the molecule is COC(=O)c1c(F)cccc1-c1ccc(CNC(=O)C2CC2COc2ccc(C#N)cc2)c(F)c1. The molecule has 0 aromatic heterocycles. The van der Waals surface area contributed by atoms with E-state index < -0.39 is 17.6 Å². The average molecular weight is 476 g/mol. The number of carbonyl (C=O) groups excluding carboxylic acids is 2. The lowest BCUT2D eigenvalue weighted by atomic mass is 9.98. The Morgan fingerprint density at radius 3 is 2.54 bits per heavy atom. The number of nitriles is 1. The van der Waals surface area contributed by atoms with Crippen LogP contribution in [-0.2, 0) is 16.1 Å². The predicted octanol–water partition coefficient (Wildman–Crippen LogP) is 4.62. The molecule has 1 saturated carbocycles. The first-order valence-corrected chi connectivity index (χ1v) is 11.0. The molecule has 2 atom stereocenters. The van der Waals surface area contributed by atoms with E-state index in [-0.39, 0.29) is 41.0 Å². The van der Waals surface area contributed by atoms with E-state index in [1.165, 1.54) is 24.3 Å². The topological polar surface area (TPSA) is 88.4 Å². The second-order valence-electron chi connectivity index (χ2n) is 8.23. The van der Waals surface area contributed by atoms with Crippen molar-refractivity contribution in [1.82, 2.24) is 5.32 Å². The second kappa shape index (κ2) is 10.3. The molecular weight excluding hydrogens is 454 g/mol. The Bertz CT molecular complexity index is 1300. The van der Waals surface area contributed by atoms with E-state index in [0.29, 0.717) is 29.9 Å². The Hall–Kier alpha value is -4.25. The first-order valence-electron chi connectivity index (χ1n) is 11.0. The number of rotatable bonds is 8. The van der Waals surface area contributed by atoms with Gasteiger partial charge in [-0.15, -0.1) is 0 Å². The highest BCUT2D eigenvalue weighted by Gasteiger charge is 2.43. The lowest BCUT2D eigenvalue weighted by molar-refractivity contribution is -0.122. The monoisotopic (exact) mass is 476 g/mol. The molecule has 3 aromatic carbocycles. The number of hydrogen-bond donors (Lipinski definition) is 1. The quantitative estimate of drug-likeness (QED) is 0.480. The highest BCUT2D eigenvalue weighted by molar-refractivity contribution is 5.97. The molecular formula is C27H22F2N2O4. The van der Waals surface area contributed by atoms with E-state index in [1.807, 2.05) is 6.07 Å². The molecule has 2 unspecified atom stereocenters. The van der Waals surface area contributed by atoms with Crippen molar-refractivity contribution < 1.29 is 27.8 Å². The number of halogens is 2. The fourth-order valence-corrected chi connectivity index (χ4v) is 3.83. The summed E-state index contributed by atoms with van der Waals surface area (Å²) in [6, 6.07) is 17.1. The highest BCUT2D eigenvalue weighted by Crippen LogP contribution is 2.39. The summed E-state index contributed by atoms with van der Waals surface area (Å²) < 4.78 is 39.3. The van der Waals surface area contributed by atoms with Gasteiger partial charge in [-0.1, -0.05) is 24.3 Å². The molecule has 0 spiro atoms. The average Bonchev–Trinajstić information content (AvgIpc) is 3.66. The molecule has 1 aliphatic carbocycles. The number of methoxy groups -OCH3 is 1. The van der Waals surface area contributed by atoms with Crippen LogP contribution >= 0.6 is 0 Å². The summed E-state index contributed by atoms with van der Waals surface area (Å²) >= 11 is 0. The molecule has 3 aromatic rings. The minimum Gasteiger partial charge on any atom is -0.493 e. The van der Waals surface area contributed by atoms with Crippen molar-refractivity contribution in [1.29, 1.82) is 5.26 Å². The van der Waals surface area contributed by atoms with Crippen LogP contribution in [0.4, 0.5) is 8.78 Å². The van der Waals surface area contributed by atoms with Crippen molar-refractivity contribution in [3.8, 4) is 22.9 Å². The highest BCUT2D eigenvalue weighted by atomic mass is 19.1. The van der Waals surface area contributed by atoms with Gasteiger partial charge in [-0.05, 0) is 53.9 Å². The summed E-state index contributed by atoms with van der Waals surface area (Å²) in [5, 5.41) is 11.6. The molecule has 1 aliphatic rings. The normalized spacial score (nSPS) is 16.2. The number of benzene rings is 3. The van der Waals surface area contributed by atoms with Gasteiger partial charge in [0.1, 0.15) is 22.9 Å². The molecule has 8 heteroatoms. The molecule has 35 heavy (non-hydrogen) atoms. The molecule has 4 rings (SSSR count). The summed E-state index contributed by atoms with van der Waals surface area (Å²) in [6.07, 6.45) is 0.680. The number of nitrogens with one attached hydrogen (secondary N) is 1. The summed E-state index contributed by atoms with van der Waals surface area (Å²) in [6.45, 7) is 0.376. The Balaban J connectivity index is 1.33. The fourth-order valence-electron chi connectivity index (χ4n) is 3.83. The third-order valence-electron chi connectivity index (χ3n) is 5.93. The van der Waals surface area contributed by atoms with Gasteiger partial charge in [0.25, 0.3) is 0 Å². The van der Waals surface area contributed by atoms with Crippen LogP contribution in [0.2, 0.25) is 0 Å². The van der Waals surface area contributed by atoms with Crippen LogP contribution in [-0.4, -0.2) is 25.6 Å². The van der Waals surface area contributed by atoms with Crippen molar-refractivity contribution in [2.45, 2.75) is 13.0 Å². The van der Waals surface area contributed by atoms with E-state index in [4.69, 9.17) is 10.00 Å². The molecule has 0 bridgehead atoms. The van der Waals surface area contributed by atoms with Crippen LogP contribution in [0.15, 0.2) is 60.7 Å². The van der Waals surface area contributed by atoms with Crippen molar-refractivity contribution in [3.05, 3.63) is 89.0 Å². The fraction of sp³-hybridized carbons (Fsp3) is 0.222. The van der Waals surface area contributed by atoms with E-state index in [1.54, 1.807) is 30.3 Å². The predicted molar refractivity (Wildman–Crippen MR) is 123 cm³/mol. The molecule has 6 nitrogen and oxygen atoms in total. The van der Waals surface area contributed by atoms with E-state index in [9.17, 15) is 18.4 Å². The molecule has 0 radical (unpaired) electrons. The van der Waals surface area contributed by atoms with Gasteiger partial charge in [0, 0.05) is 23.9 Å². The van der Waals surface area contributed by atoms with Crippen molar-refractivity contribution in [2.75, 3.05) is 13.7 Å². The lowest BCUT2D eigenvalue weighted by Crippen LogP contribution is -2.26. The number of nitrogens with zero attached hydrogens (tertiary/aromatic N) is 1. The van der Waals surface area contributed by atoms with Crippen LogP contribution < -0.4 is 10.1 Å². The van der Waals surface area contributed by atoms with E-state index >= 15 is 0 Å². The Labute approximate surface area is 201 Å². The first-order chi connectivity index (χ1) is 16.9. The maximum absolute atomic E-state index is 14.8. The minimum absolute atomic E-state index is 0.00233. The Kier molecular flexibility index (Phi) is 7.06. The Morgan fingerprint density at radius 2 is 1.86 bits per heavy atom. The third-order valence-corrected chi connectivity index (χ3v) is 5.93. The largest absolute Gasteiger partial charge is 0.493 e. The summed E-state index contributed by atoms with van der Waals surface area (Å²) in [5.74, 6) is -1.87. The summed E-state index contributed by atoms with van der Waals surface area (Å²) in [5.41, 5.74) is 1.08. The zero-order valence-corrected chi connectivity index (χ0v) is 18.9. The van der Waals surface area contributed by atoms with Gasteiger partial charge in [0.2, 0.25) is 5.91 Å². The number of carbonyl (C=O) groups is 2. The van der Waals surface area contributed by atoms with Crippen molar-refractivity contribution >= 4 is 11.9 Å². The zero-order valence-electron chi connectivity index (χ0n) is 18.9. The van der Waals surface area contributed by atoms with Gasteiger partial charge in [-0.3, -0.25) is 4.79 Å². The summed E-state index contributed by atoms with van der Waals surface area (Å²) in [4.78, 5) is 24.4.